The van der Waals surface area contributed by atoms with Gasteiger partial charge in [0, 0.05) is 26.2 Å². The molecule has 0 spiro atoms. The number of ether oxygens (including phenoxy) is 1. The summed E-state index contributed by atoms with van der Waals surface area (Å²) in [6, 6.07) is 0. The third-order valence-corrected chi connectivity index (χ3v) is 5.06. The molecule has 2 aliphatic heterocycles. The fraction of sp³-hybridized carbons (Fsp3) is 1.00. The highest BCUT2D eigenvalue weighted by Crippen LogP contribution is 2.44. The normalized spacial score (nSPS) is 28.4. The molecule has 0 N–H and O–H groups in total. The second kappa shape index (κ2) is 8.52. The topological polar surface area (TPSA) is 15.7 Å². The van der Waals surface area contributed by atoms with Crippen LogP contribution in [0.15, 0.2) is 0 Å². The van der Waals surface area contributed by atoms with Gasteiger partial charge in [0.15, 0.2) is 0 Å². The Hall–Kier alpha value is -0.960. The highest BCUT2D eigenvalue weighted by molar-refractivity contribution is 4.96. The first-order chi connectivity index (χ1) is 13.5. The van der Waals surface area contributed by atoms with E-state index in [-0.39, 0.29) is 4.90 Å². The van der Waals surface area contributed by atoms with Gasteiger partial charge in [0.25, 0.3) is 6.17 Å². The average molecular weight is 470 g/mol. The molecule has 178 valence electrons. The molecule has 0 aromatic carbocycles. The summed E-state index contributed by atoms with van der Waals surface area (Å²) in [5.41, 5.74) is 0. The lowest BCUT2D eigenvalue weighted by Crippen LogP contribution is -2.61. The van der Waals surface area contributed by atoms with Gasteiger partial charge in [0.05, 0.1) is 0 Å². The Morgan fingerprint density at radius 2 is 1.17 bits per heavy atom. The van der Waals surface area contributed by atoms with E-state index in [1.165, 1.54) is 0 Å². The summed E-state index contributed by atoms with van der Waals surface area (Å²) >= 11 is 0. The molecule has 0 aromatic rings. The van der Waals surface area contributed by atoms with Gasteiger partial charge in [0.1, 0.15) is 12.2 Å². The molecule has 0 radical (unpaired) electrons. The van der Waals surface area contributed by atoms with Gasteiger partial charge in [-0.05, 0) is 19.3 Å². The zero-order chi connectivity index (χ0) is 23.1. The predicted octanol–water partition coefficient (Wildman–Crippen LogP) is 4.53. The smallest absolute Gasteiger partial charge is 0.362 e. The largest absolute Gasteiger partial charge is 0.460 e. The molecular formula is C15H18F12N2O. The number of alkyl halides is 12. The summed E-state index contributed by atoms with van der Waals surface area (Å²) in [7, 11) is 0. The molecule has 2 saturated heterocycles. The number of hydrogen-bond donors (Lipinski definition) is 0. The highest BCUT2D eigenvalue weighted by Gasteiger charge is 2.63. The van der Waals surface area contributed by atoms with E-state index in [0.29, 0.717) is 4.90 Å². The molecule has 0 saturated carbocycles. The molecular weight excluding hydrogens is 452 g/mol. The quantitative estimate of drug-likeness (QED) is 0.434. The second-order valence-electron chi connectivity index (χ2n) is 7.12. The van der Waals surface area contributed by atoms with Crippen LogP contribution >= 0.6 is 0 Å². The van der Waals surface area contributed by atoms with E-state index in [1.54, 1.807) is 0 Å². The third-order valence-electron chi connectivity index (χ3n) is 5.06. The monoisotopic (exact) mass is 470 g/mol. The summed E-state index contributed by atoms with van der Waals surface area (Å²) in [5.74, 6) is -9.71. The Morgan fingerprint density at radius 3 is 1.60 bits per heavy atom. The minimum Gasteiger partial charge on any atom is -0.362 e. The average Bonchev–Trinajstić information content (AvgIpc) is 2.65. The Kier molecular flexibility index (Phi) is 7.19. The van der Waals surface area contributed by atoms with Crippen molar-refractivity contribution in [1.82, 2.24) is 9.80 Å². The number of nitrogens with zero attached hydrogens (tertiary/aromatic N) is 2. The summed E-state index contributed by atoms with van der Waals surface area (Å²) in [6.45, 7) is -3.16. The Labute approximate surface area is 162 Å². The molecule has 0 amide bonds. The van der Waals surface area contributed by atoms with Crippen molar-refractivity contribution in [1.29, 1.82) is 0 Å². The van der Waals surface area contributed by atoms with Gasteiger partial charge >= 0.3 is 24.3 Å². The Morgan fingerprint density at radius 1 is 0.700 bits per heavy atom. The molecule has 0 aromatic heterocycles. The van der Waals surface area contributed by atoms with Crippen molar-refractivity contribution in [3.8, 4) is 0 Å². The van der Waals surface area contributed by atoms with E-state index in [2.05, 4.69) is 4.74 Å². The SMILES string of the molecule is FC(N1CCN(C(F)(F)F)CC1)C(F)(F)C1CCCC(C(F)(F)C(F)C(F)(F)F)O1. The maximum absolute atomic E-state index is 14.5. The van der Waals surface area contributed by atoms with Crippen LogP contribution in [0.5, 0.6) is 0 Å². The van der Waals surface area contributed by atoms with Crippen LogP contribution in [0, 0.1) is 0 Å². The van der Waals surface area contributed by atoms with Crippen molar-refractivity contribution in [2.24, 2.45) is 0 Å². The molecule has 2 fully saturated rings. The Bertz CT molecular complexity index is 573. The van der Waals surface area contributed by atoms with Gasteiger partial charge in [0.2, 0.25) is 6.30 Å². The molecule has 0 bridgehead atoms. The van der Waals surface area contributed by atoms with Crippen molar-refractivity contribution in [2.75, 3.05) is 26.2 Å². The van der Waals surface area contributed by atoms with E-state index in [1.807, 2.05) is 0 Å². The number of halogens is 12. The lowest BCUT2D eigenvalue weighted by Gasteiger charge is -2.43. The Balaban J connectivity index is 2.07. The summed E-state index contributed by atoms with van der Waals surface area (Å²) in [6.07, 6.45) is -26.2. The standard InChI is InChI=1S/C15H18F12N2O/c16-10(14(22,23)24)12(18,19)8-2-1-3-9(30-8)13(20,21)11(17)28-4-6-29(7-5-28)15(25,26)27/h8-11H,1-7H2. The molecule has 2 aliphatic rings. The number of piperazine rings is 1. The van der Waals surface area contributed by atoms with Crippen molar-refractivity contribution in [3.63, 3.8) is 0 Å². The van der Waals surface area contributed by atoms with E-state index in [9.17, 15) is 52.7 Å². The van der Waals surface area contributed by atoms with E-state index < -0.39 is 94.4 Å². The van der Waals surface area contributed by atoms with Crippen LogP contribution in [0.25, 0.3) is 0 Å². The summed E-state index contributed by atoms with van der Waals surface area (Å²) in [5, 5.41) is 0. The first-order valence-corrected chi connectivity index (χ1v) is 8.80. The van der Waals surface area contributed by atoms with E-state index in [0.717, 1.165) is 0 Å². The summed E-state index contributed by atoms with van der Waals surface area (Å²) in [4.78, 5) is 0.335. The molecule has 4 unspecified atom stereocenters. The van der Waals surface area contributed by atoms with Crippen molar-refractivity contribution in [3.05, 3.63) is 0 Å². The lowest BCUT2D eigenvalue weighted by atomic mass is 9.94. The van der Waals surface area contributed by atoms with Crippen LogP contribution in [-0.4, -0.2) is 85.0 Å². The minimum absolute atomic E-state index is 0.0272. The first kappa shape index (κ1) is 25.3. The second-order valence-corrected chi connectivity index (χ2v) is 7.12. The summed E-state index contributed by atoms with van der Waals surface area (Å²) < 4.78 is 163. The maximum Gasteiger partial charge on any atom is 0.460 e. The molecule has 2 rings (SSSR count). The zero-order valence-electron chi connectivity index (χ0n) is 15.1. The number of hydrogen-bond acceptors (Lipinski definition) is 3. The fourth-order valence-electron chi connectivity index (χ4n) is 3.37. The van der Waals surface area contributed by atoms with Gasteiger partial charge in [-0.15, -0.1) is 0 Å². The molecule has 15 heteroatoms. The first-order valence-electron chi connectivity index (χ1n) is 8.80. The van der Waals surface area contributed by atoms with Crippen LogP contribution in [-0.2, 0) is 4.74 Å². The molecule has 4 atom stereocenters. The lowest BCUT2D eigenvalue weighted by molar-refractivity contribution is -0.306. The van der Waals surface area contributed by atoms with E-state index >= 15 is 0 Å². The highest BCUT2D eigenvalue weighted by atomic mass is 19.4. The number of rotatable bonds is 5. The maximum atomic E-state index is 14.5. The third kappa shape index (κ3) is 5.26. The van der Waals surface area contributed by atoms with Gasteiger partial charge in [-0.2, -0.15) is 35.1 Å². The molecule has 0 aliphatic carbocycles. The molecule has 3 nitrogen and oxygen atoms in total. The zero-order valence-corrected chi connectivity index (χ0v) is 15.1. The fourth-order valence-corrected chi connectivity index (χ4v) is 3.37. The minimum atomic E-state index is -5.97. The van der Waals surface area contributed by atoms with Crippen molar-refractivity contribution in [2.45, 2.75) is 68.3 Å². The van der Waals surface area contributed by atoms with Crippen molar-refractivity contribution >= 4 is 0 Å². The van der Waals surface area contributed by atoms with Crippen LogP contribution in [0.2, 0.25) is 0 Å². The van der Waals surface area contributed by atoms with E-state index in [4.69, 9.17) is 0 Å². The molecule has 2 heterocycles. The molecule has 30 heavy (non-hydrogen) atoms. The van der Waals surface area contributed by atoms with Crippen LogP contribution < -0.4 is 0 Å². The van der Waals surface area contributed by atoms with Crippen LogP contribution in [0.1, 0.15) is 19.3 Å². The van der Waals surface area contributed by atoms with Gasteiger partial charge in [-0.3, -0.25) is 4.90 Å². The predicted molar refractivity (Wildman–Crippen MR) is 77.5 cm³/mol. The van der Waals surface area contributed by atoms with Crippen molar-refractivity contribution < 1.29 is 57.4 Å². The van der Waals surface area contributed by atoms with Gasteiger partial charge in [-0.1, -0.05) is 0 Å². The van der Waals surface area contributed by atoms with Gasteiger partial charge < -0.3 is 4.74 Å². The van der Waals surface area contributed by atoms with Crippen LogP contribution in [0.3, 0.4) is 0 Å². The van der Waals surface area contributed by atoms with Crippen LogP contribution in [0.4, 0.5) is 52.7 Å². The van der Waals surface area contributed by atoms with Gasteiger partial charge in [-0.25, -0.2) is 22.5 Å².